The van der Waals surface area contributed by atoms with E-state index in [1.54, 1.807) is 0 Å². The number of fused-ring (bicyclic) bond motifs is 5. The summed E-state index contributed by atoms with van der Waals surface area (Å²) in [4.78, 5) is 18.4. The smallest absolute Gasteiger partial charge is 0.173 e. The molecule has 0 radical (unpaired) electrons. The van der Waals surface area contributed by atoms with E-state index in [1.165, 1.54) is 5.57 Å². The highest BCUT2D eigenvalue weighted by Gasteiger charge is 2.62. The fourth-order valence-corrected chi connectivity index (χ4v) is 7.68. The maximum atomic E-state index is 14.4. The lowest BCUT2D eigenvalue weighted by molar-refractivity contribution is -0.135. The lowest BCUT2D eigenvalue weighted by Crippen LogP contribution is -2.52. The van der Waals surface area contributed by atoms with Gasteiger partial charge in [-0.2, -0.15) is 0 Å². The number of nitrogens with zero attached hydrogens (tertiary/aromatic N) is 1. The summed E-state index contributed by atoms with van der Waals surface area (Å²) in [6.45, 7) is 8.70. The maximum absolute atomic E-state index is 14.4. The van der Waals surface area contributed by atoms with Crippen LogP contribution in [0.15, 0.2) is 16.8 Å². The molecule has 5 heteroatoms. The van der Waals surface area contributed by atoms with Crippen molar-refractivity contribution in [1.82, 2.24) is 5.32 Å². The Labute approximate surface area is 173 Å². The first-order valence-corrected chi connectivity index (χ1v) is 11.7. The highest BCUT2D eigenvalue weighted by Crippen LogP contribution is 2.65. The third kappa shape index (κ3) is 2.94. The van der Waals surface area contributed by atoms with Crippen LogP contribution in [-0.2, 0) is 9.63 Å². The number of Topliss-reactive ketones (excluding diaryl/α,β-unsaturated/α-hetero) is 1. The molecule has 1 saturated heterocycles. The van der Waals surface area contributed by atoms with Gasteiger partial charge in [-0.1, -0.05) is 31.5 Å². The average molecular weight is 403 g/mol. The van der Waals surface area contributed by atoms with E-state index in [4.69, 9.17) is 4.84 Å². The summed E-state index contributed by atoms with van der Waals surface area (Å²) in [7, 11) is 0. The van der Waals surface area contributed by atoms with Crippen LogP contribution >= 0.6 is 0 Å². The van der Waals surface area contributed by atoms with Gasteiger partial charge in [0.15, 0.2) is 12.0 Å². The van der Waals surface area contributed by atoms with Crippen LogP contribution in [0.25, 0.3) is 0 Å². The van der Waals surface area contributed by atoms with Crippen LogP contribution in [0.5, 0.6) is 0 Å². The minimum absolute atomic E-state index is 0.114. The first-order valence-electron chi connectivity index (χ1n) is 11.7. The number of hydrogen-bond acceptors (Lipinski definition) is 4. The Morgan fingerprint density at radius 1 is 1.17 bits per heavy atom. The summed E-state index contributed by atoms with van der Waals surface area (Å²) < 4.78 is 14.4. The molecule has 4 nitrogen and oxygen atoms in total. The highest BCUT2D eigenvalue weighted by atomic mass is 19.1. The fraction of sp³-hybridized carbons (Fsp3) is 0.833. The number of carbonyl (C=O) groups is 1. The molecule has 4 fully saturated rings. The molecule has 0 aromatic rings. The molecule has 8 atom stereocenters. The molecule has 5 rings (SSSR count). The van der Waals surface area contributed by atoms with Gasteiger partial charge in [0.25, 0.3) is 0 Å². The van der Waals surface area contributed by atoms with Crippen LogP contribution in [0.4, 0.5) is 4.39 Å². The topological polar surface area (TPSA) is 50.7 Å². The van der Waals surface area contributed by atoms with Crippen molar-refractivity contribution in [2.75, 3.05) is 13.1 Å². The summed E-state index contributed by atoms with van der Waals surface area (Å²) in [5, 5.41) is 7.83. The van der Waals surface area contributed by atoms with Crippen LogP contribution in [-0.4, -0.2) is 36.9 Å². The molecule has 0 amide bonds. The van der Waals surface area contributed by atoms with Crippen molar-refractivity contribution >= 4 is 11.5 Å². The van der Waals surface area contributed by atoms with Gasteiger partial charge in [-0.3, -0.25) is 4.79 Å². The molecule has 160 valence electrons. The minimum Gasteiger partial charge on any atom is -0.391 e. The molecular weight excluding hydrogens is 367 g/mol. The second-order valence-corrected chi connectivity index (χ2v) is 10.9. The first-order chi connectivity index (χ1) is 13.8. The molecule has 3 saturated carbocycles. The molecule has 0 spiro atoms. The van der Waals surface area contributed by atoms with E-state index in [9.17, 15) is 9.18 Å². The summed E-state index contributed by atoms with van der Waals surface area (Å²) in [6.07, 6.45) is 7.78. The number of carbonyl (C=O) groups excluding carboxylic acids is 1. The van der Waals surface area contributed by atoms with Gasteiger partial charge >= 0.3 is 0 Å². The van der Waals surface area contributed by atoms with Gasteiger partial charge in [-0.05, 0) is 80.2 Å². The maximum Gasteiger partial charge on any atom is 0.173 e. The Kier molecular flexibility index (Phi) is 4.69. The predicted octanol–water partition coefficient (Wildman–Crippen LogP) is 4.45. The normalized spacial score (nSPS) is 50.7. The van der Waals surface area contributed by atoms with E-state index in [-0.39, 0.29) is 23.2 Å². The van der Waals surface area contributed by atoms with Crippen LogP contribution in [0.3, 0.4) is 0 Å². The van der Waals surface area contributed by atoms with E-state index in [2.05, 4.69) is 37.3 Å². The molecule has 1 N–H and O–H groups in total. The third-order valence-corrected chi connectivity index (χ3v) is 9.33. The Hall–Kier alpha value is -1.23. The van der Waals surface area contributed by atoms with Gasteiger partial charge in [0, 0.05) is 18.4 Å². The lowest BCUT2D eigenvalue weighted by Gasteiger charge is -2.58. The first kappa shape index (κ1) is 19.7. The van der Waals surface area contributed by atoms with Crippen molar-refractivity contribution in [3.63, 3.8) is 0 Å². The van der Waals surface area contributed by atoms with Crippen molar-refractivity contribution in [1.29, 1.82) is 0 Å². The van der Waals surface area contributed by atoms with E-state index in [0.29, 0.717) is 24.2 Å². The average Bonchev–Trinajstić information content (AvgIpc) is 3.29. The van der Waals surface area contributed by atoms with Crippen LogP contribution < -0.4 is 5.32 Å². The summed E-state index contributed by atoms with van der Waals surface area (Å²) >= 11 is 0. The van der Waals surface area contributed by atoms with Crippen molar-refractivity contribution in [3.8, 4) is 0 Å². The number of ketones is 1. The molecule has 6 unspecified atom stereocenters. The van der Waals surface area contributed by atoms with Crippen LogP contribution in [0.2, 0.25) is 0 Å². The van der Waals surface area contributed by atoms with E-state index in [0.717, 1.165) is 57.3 Å². The van der Waals surface area contributed by atoms with E-state index < -0.39 is 11.6 Å². The van der Waals surface area contributed by atoms with Crippen LogP contribution in [0.1, 0.15) is 65.7 Å². The van der Waals surface area contributed by atoms with Gasteiger partial charge in [0.1, 0.15) is 6.10 Å². The Bertz CT molecular complexity index is 758. The number of oxime groups is 1. The number of halogens is 1. The zero-order chi connectivity index (χ0) is 20.4. The zero-order valence-corrected chi connectivity index (χ0v) is 18.0. The third-order valence-electron chi connectivity index (χ3n) is 9.33. The molecule has 5 aliphatic rings. The van der Waals surface area contributed by atoms with Gasteiger partial charge in [-0.25, -0.2) is 4.39 Å². The molecule has 1 heterocycles. The quantitative estimate of drug-likeness (QED) is 0.695. The standard InChI is InChI=1S/C24H35FN2O2/c1-14-10-17-18(5-8-24(3)20(17)12-21(25)22(24)28)23(2)7-4-15(11-19(14)23)27-29-16-6-9-26-13-16/h11,14,16-18,20-21,26H,4-10,12-13H2,1-3H3/b27-15+/t14?,16?,17?,18?,20?,21?,23-,24+/m1/s1. The number of alkyl halides is 1. The van der Waals surface area contributed by atoms with Crippen LogP contribution in [0, 0.1) is 34.5 Å². The van der Waals surface area contributed by atoms with Crippen molar-refractivity contribution in [2.45, 2.75) is 78.0 Å². The second kappa shape index (κ2) is 6.90. The number of hydrogen-bond donors (Lipinski definition) is 1. The molecule has 0 aromatic carbocycles. The largest absolute Gasteiger partial charge is 0.391 e. The summed E-state index contributed by atoms with van der Waals surface area (Å²) in [5.74, 6) is 1.59. The minimum atomic E-state index is -1.24. The number of allylic oxidation sites excluding steroid dienone is 2. The zero-order valence-electron chi connectivity index (χ0n) is 18.0. The summed E-state index contributed by atoms with van der Waals surface area (Å²) in [6, 6.07) is 0. The second-order valence-electron chi connectivity index (χ2n) is 10.9. The Morgan fingerprint density at radius 2 is 2.00 bits per heavy atom. The van der Waals surface area contributed by atoms with Crippen molar-refractivity contribution in [3.05, 3.63) is 11.6 Å². The molecule has 4 aliphatic carbocycles. The predicted molar refractivity (Wildman–Crippen MR) is 111 cm³/mol. The van der Waals surface area contributed by atoms with E-state index in [1.807, 2.05) is 0 Å². The van der Waals surface area contributed by atoms with Gasteiger partial charge in [0.2, 0.25) is 0 Å². The number of nitrogens with one attached hydrogen (secondary N) is 1. The van der Waals surface area contributed by atoms with Gasteiger partial charge in [-0.15, -0.1) is 0 Å². The molecular formula is C24H35FN2O2. The van der Waals surface area contributed by atoms with Crippen molar-refractivity contribution < 1.29 is 14.0 Å². The Balaban J connectivity index is 1.41. The Morgan fingerprint density at radius 3 is 2.76 bits per heavy atom. The fourth-order valence-electron chi connectivity index (χ4n) is 7.68. The number of rotatable bonds is 2. The van der Waals surface area contributed by atoms with Gasteiger partial charge in [0.05, 0.1) is 5.71 Å². The molecule has 0 aromatic heterocycles. The lowest BCUT2D eigenvalue weighted by atomic mass is 9.46. The summed E-state index contributed by atoms with van der Waals surface area (Å²) in [5.41, 5.74) is 2.31. The molecule has 1 aliphatic heterocycles. The van der Waals surface area contributed by atoms with E-state index >= 15 is 0 Å². The molecule has 29 heavy (non-hydrogen) atoms. The highest BCUT2D eigenvalue weighted by molar-refractivity contribution is 5.96. The monoisotopic (exact) mass is 402 g/mol. The molecule has 0 bridgehead atoms. The SMILES string of the molecule is CC1CC2C(CC[C@]3(C)C(=O)C(F)CC23)[C@@]2(C)CC/C(=N\OC3CCNC3)C=C12. The van der Waals surface area contributed by atoms with Gasteiger partial charge < -0.3 is 10.2 Å². The van der Waals surface area contributed by atoms with Crippen molar-refractivity contribution in [2.24, 2.45) is 39.7 Å².